The first-order valence-corrected chi connectivity index (χ1v) is 4.73. The summed E-state index contributed by atoms with van der Waals surface area (Å²) in [7, 11) is 1.52. The fraction of sp³-hybridized carbons (Fsp3) is 0.600. The van der Waals surface area contributed by atoms with Gasteiger partial charge in [-0.15, -0.1) is 0 Å². The summed E-state index contributed by atoms with van der Waals surface area (Å²) in [5, 5.41) is 9.92. The second kappa shape index (κ2) is 4.91. The van der Waals surface area contributed by atoms with Crippen molar-refractivity contribution in [2.24, 2.45) is 5.92 Å². The van der Waals surface area contributed by atoms with Crippen molar-refractivity contribution in [3.8, 4) is 5.88 Å². The quantitative estimate of drug-likeness (QED) is 0.794. The Labute approximate surface area is 84.0 Å². The summed E-state index contributed by atoms with van der Waals surface area (Å²) in [6.07, 6.45) is 3.39. The Morgan fingerprint density at radius 3 is 2.64 bits per heavy atom. The molecule has 0 amide bonds. The van der Waals surface area contributed by atoms with E-state index in [1.165, 1.54) is 7.11 Å². The van der Waals surface area contributed by atoms with Crippen LogP contribution in [-0.2, 0) is 0 Å². The van der Waals surface area contributed by atoms with Gasteiger partial charge in [0.15, 0.2) is 0 Å². The van der Waals surface area contributed by atoms with Crippen molar-refractivity contribution in [3.05, 3.63) is 18.1 Å². The highest BCUT2D eigenvalue weighted by atomic mass is 16.5. The molecule has 0 bridgehead atoms. The standard InChI is InChI=1S/C10H16N2O2/c1-4-7(2)9(13)8-10(14-3)12-6-5-11-8/h5-7,9,13H,4H2,1-3H3. The van der Waals surface area contributed by atoms with Gasteiger partial charge in [-0.3, -0.25) is 4.98 Å². The fourth-order valence-electron chi connectivity index (χ4n) is 1.19. The van der Waals surface area contributed by atoms with E-state index in [2.05, 4.69) is 9.97 Å². The number of aliphatic hydroxyl groups excluding tert-OH is 1. The minimum Gasteiger partial charge on any atom is -0.480 e. The lowest BCUT2D eigenvalue weighted by molar-refractivity contribution is 0.107. The summed E-state index contributed by atoms with van der Waals surface area (Å²) < 4.78 is 5.03. The van der Waals surface area contributed by atoms with Crippen LogP contribution in [0.3, 0.4) is 0 Å². The van der Waals surface area contributed by atoms with Gasteiger partial charge in [-0.2, -0.15) is 0 Å². The fourth-order valence-corrected chi connectivity index (χ4v) is 1.19. The maximum atomic E-state index is 9.92. The highest BCUT2D eigenvalue weighted by Crippen LogP contribution is 2.27. The van der Waals surface area contributed by atoms with Gasteiger partial charge in [0.05, 0.1) is 7.11 Å². The molecule has 0 aliphatic rings. The Hall–Kier alpha value is -1.16. The molecule has 14 heavy (non-hydrogen) atoms. The van der Waals surface area contributed by atoms with Crippen LogP contribution in [0.25, 0.3) is 0 Å². The molecule has 0 aliphatic carbocycles. The van der Waals surface area contributed by atoms with Gasteiger partial charge >= 0.3 is 0 Å². The van der Waals surface area contributed by atoms with Gasteiger partial charge in [0, 0.05) is 12.4 Å². The molecule has 1 rings (SSSR count). The van der Waals surface area contributed by atoms with Crippen molar-refractivity contribution in [1.82, 2.24) is 9.97 Å². The Balaban J connectivity index is 2.93. The third-order valence-corrected chi connectivity index (χ3v) is 2.35. The average Bonchev–Trinajstić information content (AvgIpc) is 2.26. The molecule has 0 radical (unpaired) electrons. The van der Waals surface area contributed by atoms with E-state index in [4.69, 9.17) is 4.74 Å². The topological polar surface area (TPSA) is 55.2 Å². The lowest BCUT2D eigenvalue weighted by Crippen LogP contribution is -2.12. The van der Waals surface area contributed by atoms with Gasteiger partial charge < -0.3 is 9.84 Å². The smallest absolute Gasteiger partial charge is 0.238 e. The van der Waals surface area contributed by atoms with Gasteiger partial charge in [-0.25, -0.2) is 4.98 Å². The van der Waals surface area contributed by atoms with E-state index in [-0.39, 0.29) is 5.92 Å². The maximum absolute atomic E-state index is 9.92. The predicted octanol–water partition coefficient (Wildman–Crippen LogP) is 1.56. The van der Waals surface area contributed by atoms with E-state index in [9.17, 15) is 5.11 Å². The molecule has 0 fully saturated rings. The SMILES string of the molecule is CCC(C)C(O)c1nccnc1OC. The third-order valence-electron chi connectivity index (χ3n) is 2.35. The number of aromatic nitrogens is 2. The van der Waals surface area contributed by atoms with Crippen molar-refractivity contribution in [2.75, 3.05) is 7.11 Å². The van der Waals surface area contributed by atoms with Gasteiger partial charge in [0.2, 0.25) is 5.88 Å². The van der Waals surface area contributed by atoms with Crippen molar-refractivity contribution in [3.63, 3.8) is 0 Å². The van der Waals surface area contributed by atoms with E-state index in [0.717, 1.165) is 6.42 Å². The Morgan fingerprint density at radius 1 is 1.43 bits per heavy atom. The van der Waals surface area contributed by atoms with E-state index in [1.54, 1.807) is 12.4 Å². The maximum Gasteiger partial charge on any atom is 0.238 e. The minimum absolute atomic E-state index is 0.153. The van der Waals surface area contributed by atoms with Crippen LogP contribution in [-0.4, -0.2) is 22.2 Å². The largest absolute Gasteiger partial charge is 0.480 e. The first kappa shape index (κ1) is 10.9. The summed E-state index contributed by atoms with van der Waals surface area (Å²) in [6, 6.07) is 0. The molecule has 2 atom stereocenters. The van der Waals surface area contributed by atoms with Crippen molar-refractivity contribution in [1.29, 1.82) is 0 Å². The van der Waals surface area contributed by atoms with Crippen LogP contribution in [0, 0.1) is 5.92 Å². The molecule has 0 aromatic carbocycles. The number of methoxy groups -OCH3 is 1. The second-order valence-electron chi connectivity index (χ2n) is 3.28. The first-order valence-electron chi connectivity index (χ1n) is 4.73. The monoisotopic (exact) mass is 196 g/mol. The summed E-state index contributed by atoms with van der Waals surface area (Å²) in [5.74, 6) is 0.556. The number of aliphatic hydroxyl groups is 1. The van der Waals surface area contributed by atoms with Crippen LogP contribution in [0.1, 0.15) is 32.1 Å². The molecule has 0 saturated carbocycles. The molecular weight excluding hydrogens is 180 g/mol. The van der Waals surface area contributed by atoms with Crippen LogP contribution in [0.2, 0.25) is 0 Å². The Kier molecular flexibility index (Phi) is 3.83. The third kappa shape index (κ3) is 2.20. The van der Waals surface area contributed by atoms with Crippen molar-refractivity contribution < 1.29 is 9.84 Å². The summed E-state index contributed by atoms with van der Waals surface area (Å²) in [4.78, 5) is 8.07. The molecule has 1 heterocycles. The molecule has 1 N–H and O–H groups in total. The van der Waals surface area contributed by atoms with Crippen LogP contribution < -0.4 is 4.74 Å². The van der Waals surface area contributed by atoms with Gasteiger partial charge in [-0.1, -0.05) is 20.3 Å². The first-order chi connectivity index (χ1) is 6.70. The van der Waals surface area contributed by atoms with Crippen molar-refractivity contribution in [2.45, 2.75) is 26.4 Å². The molecular formula is C10H16N2O2. The minimum atomic E-state index is -0.608. The molecule has 2 unspecified atom stereocenters. The Bertz CT molecular complexity index is 291. The van der Waals surface area contributed by atoms with E-state index in [1.807, 2.05) is 13.8 Å². The highest BCUT2D eigenvalue weighted by Gasteiger charge is 2.20. The highest BCUT2D eigenvalue weighted by molar-refractivity contribution is 5.20. The Morgan fingerprint density at radius 2 is 2.07 bits per heavy atom. The average molecular weight is 196 g/mol. The van der Waals surface area contributed by atoms with Gasteiger partial charge in [-0.05, 0) is 5.92 Å². The predicted molar refractivity (Wildman–Crippen MR) is 53.0 cm³/mol. The van der Waals surface area contributed by atoms with E-state index < -0.39 is 6.10 Å². The number of ether oxygens (including phenoxy) is 1. The van der Waals surface area contributed by atoms with Crippen LogP contribution in [0.5, 0.6) is 5.88 Å². The lowest BCUT2D eigenvalue weighted by Gasteiger charge is -2.17. The molecule has 4 heteroatoms. The molecule has 1 aromatic rings. The van der Waals surface area contributed by atoms with Crippen LogP contribution in [0.4, 0.5) is 0 Å². The zero-order valence-electron chi connectivity index (χ0n) is 8.77. The van der Waals surface area contributed by atoms with Crippen molar-refractivity contribution >= 4 is 0 Å². The van der Waals surface area contributed by atoms with Gasteiger partial charge in [0.1, 0.15) is 11.8 Å². The van der Waals surface area contributed by atoms with E-state index >= 15 is 0 Å². The number of nitrogens with zero attached hydrogens (tertiary/aromatic N) is 2. The normalized spacial score (nSPS) is 14.9. The molecule has 78 valence electrons. The van der Waals surface area contributed by atoms with E-state index in [0.29, 0.717) is 11.6 Å². The molecule has 1 aromatic heterocycles. The second-order valence-corrected chi connectivity index (χ2v) is 3.28. The number of hydrogen-bond donors (Lipinski definition) is 1. The number of hydrogen-bond acceptors (Lipinski definition) is 4. The summed E-state index contributed by atoms with van der Waals surface area (Å²) >= 11 is 0. The lowest BCUT2D eigenvalue weighted by atomic mass is 9.99. The molecule has 0 spiro atoms. The molecule has 0 saturated heterocycles. The molecule has 0 aliphatic heterocycles. The number of rotatable bonds is 4. The molecule has 4 nitrogen and oxygen atoms in total. The summed E-state index contributed by atoms with van der Waals surface area (Å²) in [6.45, 7) is 4.00. The summed E-state index contributed by atoms with van der Waals surface area (Å²) in [5.41, 5.74) is 0.518. The van der Waals surface area contributed by atoms with Gasteiger partial charge in [0.25, 0.3) is 0 Å². The zero-order valence-corrected chi connectivity index (χ0v) is 8.77. The van der Waals surface area contributed by atoms with Crippen LogP contribution >= 0.6 is 0 Å². The van der Waals surface area contributed by atoms with Crippen LogP contribution in [0.15, 0.2) is 12.4 Å². The zero-order chi connectivity index (χ0) is 10.6.